The van der Waals surface area contributed by atoms with E-state index in [4.69, 9.17) is 0 Å². The Balaban J connectivity index is 1.10. The van der Waals surface area contributed by atoms with Crippen LogP contribution < -0.4 is 4.90 Å². The van der Waals surface area contributed by atoms with E-state index in [0.29, 0.717) is 53.8 Å². The van der Waals surface area contributed by atoms with E-state index in [1.54, 1.807) is 11.3 Å². The molecule has 2 aliphatic heterocycles. The zero-order chi connectivity index (χ0) is 33.1. The van der Waals surface area contributed by atoms with E-state index < -0.39 is 0 Å². The Morgan fingerprint density at radius 3 is 2.69 bits per heavy atom. The van der Waals surface area contributed by atoms with Crippen molar-refractivity contribution >= 4 is 28.3 Å². The van der Waals surface area contributed by atoms with E-state index >= 15 is 0 Å². The predicted octanol–water partition coefficient (Wildman–Crippen LogP) is 10.2. The van der Waals surface area contributed by atoms with E-state index in [2.05, 4.69) is 123 Å². The van der Waals surface area contributed by atoms with Gasteiger partial charge in [-0.2, -0.15) is 10.5 Å². The first kappa shape index (κ1) is 32.1. The molecule has 2 heterocycles. The van der Waals surface area contributed by atoms with Gasteiger partial charge in [0.1, 0.15) is 0 Å². The highest BCUT2D eigenvalue weighted by atomic mass is 127. The van der Waals surface area contributed by atoms with Gasteiger partial charge in [0.05, 0.1) is 33.1 Å². The van der Waals surface area contributed by atoms with Gasteiger partial charge in [0.2, 0.25) is 0 Å². The topological polar surface area (TPSA) is 54.1 Å². The second kappa shape index (κ2) is 13.0. The van der Waals surface area contributed by atoms with Gasteiger partial charge in [-0.1, -0.05) is 95.7 Å². The summed E-state index contributed by atoms with van der Waals surface area (Å²) in [5.74, 6) is 3.17. The summed E-state index contributed by atoms with van der Waals surface area (Å²) in [7, 11) is 0. The number of anilines is 1. The average molecular weight is 761 g/mol. The average Bonchev–Trinajstić information content (AvgIpc) is 3.64. The van der Waals surface area contributed by atoms with Crippen LogP contribution in [-0.2, 0) is 3.42 Å². The Bertz CT molecular complexity index is 1750. The number of fused-ring (bicyclic) bond motifs is 6. The number of rotatable bonds is 4. The molecule has 5 heteroatoms. The Morgan fingerprint density at radius 1 is 0.878 bits per heavy atom. The summed E-state index contributed by atoms with van der Waals surface area (Å²) in [4.78, 5) is 5.76. The van der Waals surface area contributed by atoms with Crippen LogP contribution in [0.5, 0.6) is 0 Å². The highest BCUT2D eigenvalue weighted by molar-refractivity contribution is 14.1. The first-order valence-corrected chi connectivity index (χ1v) is 20.4. The lowest BCUT2D eigenvalue weighted by atomic mass is 9.69. The number of benzene rings is 1. The predicted molar refractivity (Wildman–Crippen MR) is 206 cm³/mol. The number of allylic oxidation sites excluding steroid dienone is 8. The van der Waals surface area contributed by atoms with Crippen molar-refractivity contribution < 1.29 is 0 Å². The van der Waals surface area contributed by atoms with Crippen LogP contribution in [-0.4, -0.2) is 29.1 Å². The van der Waals surface area contributed by atoms with Crippen LogP contribution in [0, 0.1) is 58.2 Å². The van der Waals surface area contributed by atoms with E-state index in [9.17, 15) is 10.5 Å². The Labute approximate surface area is 307 Å². The Hall–Kier alpha value is -2.87. The van der Waals surface area contributed by atoms with E-state index in [1.807, 2.05) is 0 Å². The van der Waals surface area contributed by atoms with Crippen molar-refractivity contribution in [1.29, 1.82) is 10.5 Å². The van der Waals surface area contributed by atoms with Gasteiger partial charge in [-0.3, -0.25) is 4.90 Å². The largest absolute Gasteiger partial charge is 0.340 e. The minimum Gasteiger partial charge on any atom is -0.340 e. The fraction of sp³-hybridized carbons (Fsp3) is 0.545. The van der Waals surface area contributed by atoms with Crippen molar-refractivity contribution in [2.75, 3.05) is 4.90 Å². The van der Waals surface area contributed by atoms with Crippen LogP contribution in [0.2, 0.25) is 0 Å². The minimum absolute atomic E-state index is 0.0552. The number of likely N-dealkylation sites (tertiary alicyclic amines) is 1. The molecule has 0 amide bonds. The third-order valence-corrected chi connectivity index (χ3v) is 15.7. The third kappa shape index (κ3) is 5.45. The maximum absolute atomic E-state index is 9.91. The van der Waals surface area contributed by atoms with Gasteiger partial charge in [0.25, 0.3) is 0 Å². The second-order valence-electron chi connectivity index (χ2n) is 16.4. The van der Waals surface area contributed by atoms with Crippen LogP contribution in [0.25, 0.3) is 0 Å². The molecule has 1 saturated carbocycles. The van der Waals surface area contributed by atoms with Crippen LogP contribution in [0.3, 0.4) is 0 Å². The van der Waals surface area contributed by atoms with Gasteiger partial charge in [-0.05, 0) is 124 Å². The molecule has 6 aliphatic carbocycles. The van der Waals surface area contributed by atoms with Crippen LogP contribution in [0.1, 0.15) is 94.6 Å². The quantitative estimate of drug-likeness (QED) is 0.174. The van der Waals surface area contributed by atoms with Crippen molar-refractivity contribution in [2.24, 2.45) is 35.5 Å². The lowest BCUT2D eigenvalue weighted by Crippen LogP contribution is -2.49. The van der Waals surface area contributed by atoms with Crippen molar-refractivity contribution in [3.05, 3.63) is 101 Å². The summed E-state index contributed by atoms with van der Waals surface area (Å²) in [6.07, 6.45) is 40.0. The van der Waals surface area contributed by atoms with Crippen LogP contribution >= 0.6 is 22.6 Å². The summed E-state index contributed by atoms with van der Waals surface area (Å²) in [6.45, 7) is 0. The number of hydrogen-bond acceptors (Lipinski definition) is 4. The lowest BCUT2D eigenvalue weighted by Gasteiger charge is -2.46. The molecule has 8 aliphatic rings. The van der Waals surface area contributed by atoms with Gasteiger partial charge < -0.3 is 4.90 Å². The van der Waals surface area contributed by atoms with Gasteiger partial charge in [0, 0.05) is 35.4 Å². The highest BCUT2D eigenvalue weighted by Gasteiger charge is 2.54. The van der Waals surface area contributed by atoms with E-state index in [0.717, 1.165) is 24.8 Å². The van der Waals surface area contributed by atoms with Gasteiger partial charge in [0.15, 0.2) is 0 Å². The lowest BCUT2D eigenvalue weighted by molar-refractivity contribution is 0.133. The molecule has 1 aromatic rings. The zero-order valence-corrected chi connectivity index (χ0v) is 30.8. The molecular formula is C44H49IN4. The standard InChI is InChI=1S/C44H49IN4/c45-44-20-6-5-17-43(44)49(42-19-18-30(28-47)22-39(42)44)36-25-34(33-12-8-11-32(23-33)31-10-7-9-29(21-31)27-46)24-35(26-36)48-40-15-3-1-13-37(40)38-14-2-4-16-41(38)48/h1,3-4,7,10-11,13,15-16,18-19,22,26,29,31,33-35,37-38,40-41,43H,2,5-6,8-9,12,14,17,20-21,23-25H2. The SMILES string of the molecule is N#Cc1ccc2c(c1)C1(I)CCCCC1N2C1=CC(N2C3C=CC=CC3C3CCC=CC32)CC(C2CCC=C(C3C=CCC(C#N)C3)C2)C1. The number of nitriles is 2. The molecule has 0 radical (unpaired) electrons. The molecule has 49 heavy (non-hydrogen) atoms. The van der Waals surface area contributed by atoms with Gasteiger partial charge >= 0.3 is 0 Å². The zero-order valence-electron chi connectivity index (χ0n) is 28.6. The molecule has 0 bridgehead atoms. The molecule has 0 N–H and O–H groups in total. The van der Waals surface area contributed by atoms with E-state index in [1.165, 1.54) is 75.5 Å². The van der Waals surface area contributed by atoms with Crippen molar-refractivity contribution in [3.63, 3.8) is 0 Å². The number of nitrogens with zero attached hydrogens (tertiary/aromatic N) is 4. The molecule has 1 aromatic carbocycles. The second-order valence-corrected chi connectivity index (χ2v) is 18.3. The molecular weight excluding hydrogens is 711 g/mol. The number of alkyl halides is 1. The van der Waals surface area contributed by atoms with Gasteiger partial charge in [-0.15, -0.1) is 0 Å². The van der Waals surface area contributed by atoms with Crippen LogP contribution in [0.4, 0.5) is 5.69 Å². The van der Waals surface area contributed by atoms with Crippen LogP contribution in [0.15, 0.2) is 90.2 Å². The van der Waals surface area contributed by atoms with Crippen molar-refractivity contribution in [1.82, 2.24) is 4.90 Å². The number of hydrogen-bond donors (Lipinski definition) is 0. The fourth-order valence-corrected chi connectivity index (χ4v) is 13.1. The molecule has 9 rings (SSSR count). The molecule has 11 atom stereocenters. The maximum Gasteiger partial charge on any atom is 0.0991 e. The Kier molecular flexibility index (Phi) is 8.53. The highest BCUT2D eigenvalue weighted by Crippen LogP contribution is 2.59. The molecule has 0 aromatic heterocycles. The first-order valence-electron chi connectivity index (χ1n) is 19.3. The van der Waals surface area contributed by atoms with Gasteiger partial charge in [-0.25, -0.2) is 0 Å². The summed E-state index contributed by atoms with van der Waals surface area (Å²) in [5, 5.41) is 19.7. The molecule has 1 saturated heterocycles. The fourth-order valence-electron chi connectivity index (χ4n) is 11.7. The molecule has 0 spiro atoms. The first-order chi connectivity index (χ1) is 24.1. The normalized spacial score (nSPS) is 40.8. The molecule has 4 nitrogen and oxygen atoms in total. The van der Waals surface area contributed by atoms with Crippen molar-refractivity contribution in [2.45, 2.75) is 111 Å². The molecule has 252 valence electrons. The summed E-state index contributed by atoms with van der Waals surface area (Å²) < 4.78 is 0.0552. The summed E-state index contributed by atoms with van der Waals surface area (Å²) in [5.41, 5.74) is 6.70. The molecule has 2 fully saturated rings. The summed E-state index contributed by atoms with van der Waals surface area (Å²) in [6, 6.07) is 13.4. The smallest absolute Gasteiger partial charge is 0.0991 e. The monoisotopic (exact) mass is 760 g/mol. The summed E-state index contributed by atoms with van der Waals surface area (Å²) >= 11 is 2.80. The third-order valence-electron chi connectivity index (χ3n) is 13.9. The van der Waals surface area contributed by atoms with Crippen molar-refractivity contribution in [3.8, 4) is 12.1 Å². The minimum atomic E-state index is 0.0552. The van der Waals surface area contributed by atoms with E-state index in [-0.39, 0.29) is 9.34 Å². The maximum atomic E-state index is 9.91. The Morgan fingerprint density at radius 2 is 1.80 bits per heavy atom. The number of halogens is 1. The molecule has 11 unspecified atom stereocenters.